The van der Waals surface area contributed by atoms with E-state index < -0.39 is 0 Å². The topological polar surface area (TPSA) is 68.9 Å². The van der Waals surface area contributed by atoms with Crippen molar-refractivity contribution in [1.82, 2.24) is 14.8 Å². The molecule has 0 aliphatic heterocycles. The van der Waals surface area contributed by atoms with E-state index in [0.717, 1.165) is 0 Å². The Kier molecular flexibility index (Phi) is 3.95. The number of nitrogens with two attached hydrogens (primary N) is 1. The van der Waals surface area contributed by atoms with Crippen LogP contribution in [0, 0.1) is 4.77 Å². The summed E-state index contributed by atoms with van der Waals surface area (Å²) in [6.07, 6.45) is 6.73. The van der Waals surface area contributed by atoms with Gasteiger partial charge in [0.05, 0.1) is 19.3 Å². The summed E-state index contributed by atoms with van der Waals surface area (Å²) in [4.78, 5) is 0. The lowest BCUT2D eigenvalue weighted by molar-refractivity contribution is 0.0241. The summed E-state index contributed by atoms with van der Waals surface area (Å²) in [6, 6.07) is 0. The number of H-pyrrole nitrogens is 1. The summed E-state index contributed by atoms with van der Waals surface area (Å²) >= 11 is 5.05. The van der Waals surface area contributed by atoms with Crippen LogP contribution in [-0.2, 0) is 11.3 Å². The van der Waals surface area contributed by atoms with Crippen LogP contribution >= 0.6 is 12.2 Å². The van der Waals surface area contributed by atoms with E-state index >= 15 is 0 Å². The van der Waals surface area contributed by atoms with Crippen LogP contribution in [0.15, 0.2) is 0 Å². The van der Waals surface area contributed by atoms with Gasteiger partial charge in [0.1, 0.15) is 0 Å². The molecule has 2 rings (SSSR count). The number of nitrogens with one attached hydrogen (secondary N) is 1. The normalized spacial score (nSPS) is 17.8. The first kappa shape index (κ1) is 11.6. The van der Waals surface area contributed by atoms with Crippen LogP contribution in [0.25, 0.3) is 0 Å². The van der Waals surface area contributed by atoms with E-state index in [4.69, 9.17) is 22.7 Å². The van der Waals surface area contributed by atoms with Gasteiger partial charge in [-0.25, -0.2) is 5.10 Å². The molecule has 16 heavy (non-hydrogen) atoms. The molecule has 0 aromatic carbocycles. The molecule has 0 radical (unpaired) electrons. The molecule has 5 nitrogen and oxygen atoms in total. The van der Waals surface area contributed by atoms with Gasteiger partial charge in [-0.1, -0.05) is 19.3 Å². The molecule has 0 unspecified atom stereocenters. The van der Waals surface area contributed by atoms with Crippen molar-refractivity contribution in [2.45, 2.75) is 44.8 Å². The molecule has 1 aliphatic carbocycles. The zero-order chi connectivity index (χ0) is 11.4. The van der Waals surface area contributed by atoms with Crippen molar-refractivity contribution in [1.29, 1.82) is 0 Å². The number of anilines is 1. The predicted molar refractivity (Wildman–Crippen MR) is 64.6 cm³/mol. The zero-order valence-corrected chi connectivity index (χ0v) is 10.1. The molecule has 3 N–H and O–H groups in total. The molecule has 0 spiro atoms. The standard InChI is InChI=1S/C10H18N4OS/c11-9-12-13-10(16)14(9)6-7-15-8-4-2-1-3-5-8/h8H,1-7H2,(H2,11,12)(H,13,16). The molecule has 1 fully saturated rings. The maximum Gasteiger partial charge on any atom is 0.220 e. The summed E-state index contributed by atoms with van der Waals surface area (Å²) < 4.78 is 8.12. The molecule has 0 bridgehead atoms. The second-order valence-corrected chi connectivity index (χ2v) is 4.56. The van der Waals surface area contributed by atoms with E-state index in [2.05, 4.69) is 10.2 Å². The number of nitrogen functional groups attached to an aromatic ring is 1. The van der Waals surface area contributed by atoms with E-state index in [-0.39, 0.29) is 0 Å². The van der Waals surface area contributed by atoms with Crippen LogP contribution in [0.5, 0.6) is 0 Å². The molecule has 1 aromatic rings. The van der Waals surface area contributed by atoms with Crippen LogP contribution in [0.1, 0.15) is 32.1 Å². The Labute approximate surface area is 100.0 Å². The lowest BCUT2D eigenvalue weighted by Crippen LogP contribution is -2.19. The first-order chi connectivity index (χ1) is 7.77. The first-order valence-electron chi connectivity index (χ1n) is 5.79. The highest BCUT2D eigenvalue weighted by Gasteiger charge is 2.13. The molecular weight excluding hydrogens is 224 g/mol. The number of hydrogen-bond donors (Lipinski definition) is 2. The Bertz CT molecular complexity index is 380. The SMILES string of the molecule is Nc1n[nH]c(=S)n1CCOC1CCCCC1. The van der Waals surface area contributed by atoms with E-state index in [0.29, 0.717) is 30.0 Å². The summed E-state index contributed by atoms with van der Waals surface area (Å²) in [7, 11) is 0. The van der Waals surface area contributed by atoms with Gasteiger partial charge >= 0.3 is 0 Å². The van der Waals surface area contributed by atoms with Crippen LogP contribution < -0.4 is 5.73 Å². The summed E-state index contributed by atoms with van der Waals surface area (Å²) in [5.41, 5.74) is 5.66. The predicted octanol–water partition coefficient (Wildman–Crippen LogP) is 1.87. The Morgan fingerprint density at radius 3 is 2.81 bits per heavy atom. The van der Waals surface area contributed by atoms with Crippen molar-refractivity contribution < 1.29 is 4.74 Å². The fourth-order valence-corrected chi connectivity index (χ4v) is 2.32. The molecule has 0 amide bonds. The minimum atomic E-state index is 0.427. The molecule has 0 atom stereocenters. The monoisotopic (exact) mass is 242 g/mol. The van der Waals surface area contributed by atoms with Crippen molar-refractivity contribution in [2.24, 2.45) is 0 Å². The van der Waals surface area contributed by atoms with Gasteiger partial charge in [-0.2, -0.15) is 0 Å². The second kappa shape index (κ2) is 5.45. The van der Waals surface area contributed by atoms with Crippen LogP contribution in [0.4, 0.5) is 5.95 Å². The lowest BCUT2D eigenvalue weighted by atomic mass is 9.98. The van der Waals surface area contributed by atoms with Crippen molar-refractivity contribution in [2.75, 3.05) is 12.3 Å². The van der Waals surface area contributed by atoms with Crippen LogP contribution in [0.2, 0.25) is 0 Å². The third-order valence-corrected chi connectivity index (χ3v) is 3.32. The van der Waals surface area contributed by atoms with Gasteiger partial charge in [0, 0.05) is 0 Å². The number of rotatable bonds is 4. The maximum absolute atomic E-state index is 5.80. The number of aromatic amines is 1. The largest absolute Gasteiger partial charge is 0.376 e. The highest BCUT2D eigenvalue weighted by molar-refractivity contribution is 7.71. The van der Waals surface area contributed by atoms with Crippen molar-refractivity contribution >= 4 is 18.2 Å². The first-order valence-corrected chi connectivity index (χ1v) is 6.20. The van der Waals surface area contributed by atoms with Crippen molar-refractivity contribution in [3.05, 3.63) is 4.77 Å². The summed E-state index contributed by atoms with van der Waals surface area (Å²) in [5.74, 6) is 0.428. The number of aromatic nitrogens is 3. The minimum absolute atomic E-state index is 0.427. The van der Waals surface area contributed by atoms with E-state index in [1.165, 1.54) is 32.1 Å². The molecule has 1 aromatic heterocycles. The highest BCUT2D eigenvalue weighted by atomic mass is 32.1. The third kappa shape index (κ3) is 2.82. The molecule has 1 heterocycles. The van der Waals surface area contributed by atoms with Crippen LogP contribution in [-0.4, -0.2) is 27.5 Å². The Morgan fingerprint density at radius 1 is 1.44 bits per heavy atom. The van der Waals surface area contributed by atoms with Gasteiger partial charge in [-0.3, -0.25) is 4.57 Å². The Hall–Kier alpha value is -0.880. The fourth-order valence-electron chi connectivity index (χ4n) is 2.09. The average Bonchev–Trinajstić information content (AvgIpc) is 2.62. The second-order valence-electron chi connectivity index (χ2n) is 4.17. The van der Waals surface area contributed by atoms with Crippen molar-refractivity contribution in [3.8, 4) is 0 Å². The molecule has 6 heteroatoms. The van der Waals surface area contributed by atoms with E-state index in [9.17, 15) is 0 Å². The van der Waals surface area contributed by atoms with Gasteiger partial charge in [0.15, 0.2) is 4.77 Å². The molecule has 90 valence electrons. The van der Waals surface area contributed by atoms with E-state index in [1.807, 2.05) is 0 Å². The Balaban J connectivity index is 1.77. The highest BCUT2D eigenvalue weighted by Crippen LogP contribution is 2.20. The summed E-state index contributed by atoms with van der Waals surface area (Å²) in [6.45, 7) is 1.33. The van der Waals surface area contributed by atoms with Gasteiger partial charge in [-0.05, 0) is 25.1 Å². The van der Waals surface area contributed by atoms with E-state index in [1.54, 1.807) is 4.57 Å². The van der Waals surface area contributed by atoms with Crippen molar-refractivity contribution in [3.63, 3.8) is 0 Å². The number of hydrogen-bond acceptors (Lipinski definition) is 4. The number of ether oxygens (including phenoxy) is 1. The quantitative estimate of drug-likeness (QED) is 0.791. The van der Waals surface area contributed by atoms with Gasteiger partial charge in [0.2, 0.25) is 5.95 Å². The number of nitrogens with zero attached hydrogens (tertiary/aromatic N) is 2. The average molecular weight is 242 g/mol. The molecule has 1 saturated carbocycles. The molecule has 1 aliphatic rings. The fraction of sp³-hybridized carbons (Fsp3) is 0.800. The summed E-state index contributed by atoms with van der Waals surface area (Å²) in [5, 5.41) is 6.51. The maximum atomic E-state index is 5.80. The van der Waals surface area contributed by atoms with Gasteiger partial charge in [0.25, 0.3) is 0 Å². The van der Waals surface area contributed by atoms with Gasteiger partial charge < -0.3 is 10.5 Å². The third-order valence-electron chi connectivity index (χ3n) is 3.01. The van der Waals surface area contributed by atoms with Crippen LogP contribution in [0.3, 0.4) is 0 Å². The smallest absolute Gasteiger partial charge is 0.220 e. The van der Waals surface area contributed by atoms with Gasteiger partial charge in [-0.15, -0.1) is 5.10 Å². The zero-order valence-electron chi connectivity index (χ0n) is 9.32. The minimum Gasteiger partial charge on any atom is -0.376 e. The lowest BCUT2D eigenvalue weighted by Gasteiger charge is -2.22. The molecule has 0 saturated heterocycles. The molecular formula is C10H18N4OS. The Morgan fingerprint density at radius 2 is 2.19 bits per heavy atom.